The van der Waals surface area contributed by atoms with Gasteiger partial charge < -0.3 is 10.1 Å². The molecule has 1 unspecified atom stereocenters. The fourth-order valence-corrected chi connectivity index (χ4v) is 5.24. The van der Waals surface area contributed by atoms with Crippen molar-refractivity contribution in [3.63, 3.8) is 0 Å². The third-order valence-corrected chi connectivity index (χ3v) is 7.02. The van der Waals surface area contributed by atoms with Gasteiger partial charge in [-0.3, -0.25) is 9.53 Å². The number of carbonyl (C=O) groups is 1. The molecule has 0 radical (unpaired) electrons. The zero-order chi connectivity index (χ0) is 23.4. The van der Waals surface area contributed by atoms with E-state index in [1.807, 2.05) is 0 Å². The fraction of sp³-hybridized carbons (Fsp3) is 0.571. The lowest BCUT2D eigenvalue weighted by Crippen LogP contribution is -2.53. The molecule has 0 aliphatic heterocycles. The van der Waals surface area contributed by atoms with E-state index < -0.39 is 24.4 Å². The molecule has 1 atom stereocenters. The predicted octanol–water partition coefficient (Wildman–Crippen LogP) is 3.90. The van der Waals surface area contributed by atoms with Crippen molar-refractivity contribution in [2.45, 2.75) is 62.1 Å². The Hall–Kier alpha value is -2.24. The molecule has 2 aromatic rings. The second-order valence-corrected chi connectivity index (χ2v) is 9.46. The summed E-state index contributed by atoms with van der Waals surface area (Å²) in [7, 11) is 0. The smallest absolute Gasteiger partial charge is 0.368 e. The fourth-order valence-electron chi connectivity index (χ4n) is 5.12. The van der Waals surface area contributed by atoms with Crippen LogP contribution in [0.4, 0.5) is 17.6 Å². The average molecular weight is 489 g/mol. The molecule has 4 saturated carbocycles. The zero-order valence-corrected chi connectivity index (χ0v) is 18.1. The number of hydrogen-bond donors (Lipinski definition) is 1. The second-order valence-electron chi connectivity index (χ2n) is 9.05. The molecular weight excluding hydrogens is 468 g/mol. The van der Waals surface area contributed by atoms with Gasteiger partial charge in [0.15, 0.2) is 0 Å². The maximum Gasteiger partial charge on any atom is 0.522 e. The second kappa shape index (κ2) is 8.21. The van der Waals surface area contributed by atoms with Crippen LogP contribution in [0.2, 0.25) is 5.02 Å². The highest BCUT2D eigenvalue weighted by atomic mass is 35.5. The molecule has 2 bridgehead atoms. The van der Waals surface area contributed by atoms with Crippen molar-refractivity contribution in [3.05, 3.63) is 40.9 Å². The minimum Gasteiger partial charge on any atom is -0.368 e. The molecule has 178 valence electrons. The summed E-state index contributed by atoms with van der Waals surface area (Å²) in [4.78, 5) is 13.7. The Kier molecular flexibility index (Phi) is 5.61. The third kappa shape index (κ3) is 4.71. The van der Waals surface area contributed by atoms with Crippen LogP contribution in [0.5, 0.6) is 0 Å². The first-order valence-electron chi connectivity index (χ1n) is 10.6. The standard InChI is InChI=1S/C21H21ClF4N4O3/c22-16-2-1-12(3-17(16)23)30-27-9-18(29-30)15-8-20(6-11(15)7-20)28-19(31)10-32-13-4-14(5-13)33-21(24,25)26/h1-3,9,11,13-15H,4-8,10H2,(H,28,31)/t11?,13-,14+,15?,20?. The summed E-state index contributed by atoms with van der Waals surface area (Å²) in [5.74, 6) is -0.339. The van der Waals surface area contributed by atoms with Gasteiger partial charge >= 0.3 is 6.36 Å². The van der Waals surface area contributed by atoms with E-state index in [9.17, 15) is 22.4 Å². The first-order chi connectivity index (χ1) is 15.6. The van der Waals surface area contributed by atoms with E-state index in [0.29, 0.717) is 18.0 Å². The van der Waals surface area contributed by atoms with Gasteiger partial charge in [-0.1, -0.05) is 11.6 Å². The number of carbonyl (C=O) groups excluding carboxylic acids is 1. The lowest BCUT2D eigenvalue weighted by atomic mass is 9.76. The molecule has 1 N–H and O–H groups in total. The van der Waals surface area contributed by atoms with Crippen molar-refractivity contribution >= 4 is 17.5 Å². The third-order valence-electron chi connectivity index (χ3n) is 6.72. The quantitative estimate of drug-likeness (QED) is 0.598. The van der Waals surface area contributed by atoms with Gasteiger partial charge in [-0.05, 0) is 37.3 Å². The van der Waals surface area contributed by atoms with E-state index in [-0.39, 0.29) is 41.8 Å². The number of aromatic nitrogens is 3. The van der Waals surface area contributed by atoms with Crippen molar-refractivity contribution < 1.29 is 31.8 Å². The summed E-state index contributed by atoms with van der Waals surface area (Å²) in [5.41, 5.74) is 0.922. The average Bonchev–Trinajstić information content (AvgIpc) is 3.37. The summed E-state index contributed by atoms with van der Waals surface area (Å²) >= 11 is 5.72. The van der Waals surface area contributed by atoms with E-state index in [1.165, 1.54) is 16.9 Å². The van der Waals surface area contributed by atoms with Gasteiger partial charge in [0.25, 0.3) is 0 Å². The summed E-state index contributed by atoms with van der Waals surface area (Å²) in [6.07, 6.45) is -1.72. The largest absolute Gasteiger partial charge is 0.522 e. The summed E-state index contributed by atoms with van der Waals surface area (Å²) in [6, 6.07) is 4.34. The Morgan fingerprint density at radius 3 is 2.70 bits per heavy atom. The number of rotatable bonds is 7. The van der Waals surface area contributed by atoms with Gasteiger partial charge in [-0.15, -0.1) is 13.2 Å². The number of nitrogens with one attached hydrogen (secondary N) is 1. The number of halogens is 5. The van der Waals surface area contributed by atoms with E-state index >= 15 is 0 Å². The van der Waals surface area contributed by atoms with E-state index in [2.05, 4.69) is 20.3 Å². The summed E-state index contributed by atoms with van der Waals surface area (Å²) in [5, 5.41) is 11.8. The van der Waals surface area contributed by atoms with E-state index in [0.717, 1.165) is 18.5 Å². The molecule has 12 heteroatoms. The molecular formula is C21H21ClF4N4O3. The molecule has 4 aliphatic carbocycles. The van der Waals surface area contributed by atoms with Crippen LogP contribution in [0, 0.1) is 11.7 Å². The van der Waals surface area contributed by atoms with Crippen molar-refractivity contribution in [1.29, 1.82) is 0 Å². The number of benzene rings is 1. The Morgan fingerprint density at radius 2 is 2.00 bits per heavy atom. The van der Waals surface area contributed by atoms with Gasteiger partial charge in [0.05, 0.1) is 34.8 Å². The Bertz CT molecular complexity index is 1050. The molecule has 7 nitrogen and oxygen atoms in total. The first kappa shape index (κ1) is 22.5. The number of hydrogen-bond acceptors (Lipinski definition) is 5. The molecule has 1 amide bonds. The number of fused-ring (bicyclic) bond motifs is 1. The molecule has 0 spiro atoms. The van der Waals surface area contributed by atoms with Gasteiger partial charge in [0, 0.05) is 30.4 Å². The lowest BCUT2D eigenvalue weighted by Gasteiger charge is -2.40. The minimum atomic E-state index is -4.65. The van der Waals surface area contributed by atoms with Gasteiger partial charge in [0.2, 0.25) is 5.91 Å². The van der Waals surface area contributed by atoms with Crippen LogP contribution in [0.3, 0.4) is 0 Å². The Morgan fingerprint density at radius 1 is 1.24 bits per heavy atom. The molecule has 6 rings (SSSR count). The molecule has 1 aromatic carbocycles. The van der Waals surface area contributed by atoms with Gasteiger partial charge in [-0.25, -0.2) is 4.39 Å². The number of alkyl halides is 3. The summed E-state index contributed by atoms with van der Waals surface area (Å²) in [6.45, 7) is -0.196. The molecule has 4 aliphatic rings. The molecule has 0 saturated heterocycles. The van der Waals surface area contributed by atoms with Crippen LogP contribution in [0.25, 0.3) is 5.69 Å². The van der Waals surface area contributed by atoms with Crippen LogP contribution in [0.15, 0.2) is 24.4 Å². The number of amides is 1. The van der Waals surface area contributed by atoms with E-state index in [1.54, 1.807) is 12.3 Å². The lowest BCUT2D eigenvalue weighted by molar-refractivity contribution is -0.357. The molecule has 4 fully saturated rings. The first-order valence-corrected chi connectivity index (χ1v) is 11.0. The van der Waals surface area contributed by atoms with Gasteiger partial charge in [-0.2, -0.15) is 15.0 Å². The number of ether oxygens (including phenoxy) is 2. The highest BCUT2D eigenvalue weighted by Gasteiger charge is 2.57. The van der Waals surface area contributed by atoms with Crippen molar-refractivity contribution in [1.82, 2.24) is 20.3 Å². The van der Waals surface area contributed by atoms with Crippen molar-refractivity contribution in [2.75, 3.05) is 6.61 Å². The zero-order valence-electron chi connectivity index (χ0n) is 17.3. The van der Waals surface area contributed by atoms with E-state index in [4.69, 9.17) is 16.3 Å². The Labute approximate surface area is 191 Å². The molecule has 1 aromatic heterocycles. The maximum absolute atomic E-state index is 13.7. The van der Waals surface area contributed by atoms with Crippen LogP contribution in [-0.4, -0.2) is 51.6 Å². The SMILES string of the molecule is O=C(CO[C@H]1C[C@@H](OC(F)(F)F)C1)NC12CC(C1)C(c1cnn(-c3ccc(Cl)c(F)c3)n1)C2. The van der Waals surface area contributed by atoms with Crippen LogP contribution in [0.1, 0.15) is 43.7 Å². The highest BCUT2D eigenvalue weighted by molar-refractivity contribution is 6.30. The van der Waals surface area contributed by atoms with Crippen LogP contribution in [-0.2, 0) is 14.3 Å². The molecule has 33 heavy (non-hydrogen) atoms. The predicted molar refractivity (Wildman–Crippen MR) is 107 cm³/mol. The summed E-state index contributed by atoms with van der Waals surface area (Å²) < 4.78 is 59.5. The minimum absolute atomic E-state index is 0.0242. The normalized spacial score (nSPS) is 30.6. The topological polar surface area (TPSA) is 78.3 Å². The molecule has 1 heterocycles. The van der Waals surface area contributed by atoms with Crippen molar-refractivity contribution in [2.24, 2.45) is 5.92 Å². The van der Waals surface area contributed by atoms with Crippen LogP contribution >= 0.6 is 11.6 Å². The van der Waals surface area contributed by atoms with Crippen molar-refractivity contribution in [3.8, 4) is 5.69 Å². The monoisotopic (exact) mass is 488 g/mol. The highest BCUT2D eigenvalue weighted by Crippen LogP contribution is 2.59. The number of nitrogens with zero attached hydrogens (tertiary/aromatic N) is 3. The maximum atomic E-state index is 13.7. The van der Waals surface area contributed by atoms with Crippen LogP contribution < -0.4 is 5.32 Å². The van der Waals surface area contributed by atoms with Gasteiger partial charge in [0.1, 0.15) is 12.4 Å². The Balaban J connectivity index is 1.11.